The normalized spacial score (nSPS) is 14.9. The van der Waals surface area contributed by atoms with Crippen LogP contribution in [0.3, 0.4) is 0 Å². The van der Waals surface area contributed by atoms with Crippen LogP contribution in [-0.4, -0.2) is 76.5 Å². The number of nitrogens with one attached hydrogen (secondary N) is 2. The molecule has 9 nitrogen and oxygen atoms in total. The topological polar surface area (TPSA) is 103 Å². The summed E-state index contributed by atoms with van der Waals surface area (Å²) in [5, 5.41) is 13.2. The quantitative estimate of drug-likeness (QED) is 0.567. The van der Waals surface area contributed by atoms with Gasteiger partial charge in [-0.25, -0.2) is 4.79 Å². The predicted octanol–water partition coefficient (Wildman–Crippen LogP) is 2.66. The van der Waals surface area contributed by atoms with Crippen LogP contribution in [0.1, 0.15) is 21.5 Å². The summed E-state index contributed by atoms with van der Waals surface area (Å²) in [6.45, 7) is 3.15. The number of H-pyrrole nitrogens is 1. The molecule has 1 aliphatic heterocycles. The van der Waals surface area contributed by atoms with E-state index in [1.165, 1.54) is 12.1 Å². The van der Waals surface area contributed by atoms with E-state index in [1.54, 1.807) is 23.1 Å². The number of hydrogen-bond donors (Lipinski definition) is 2. The van der Waals surface area contributed by atoms with E-state index in [0.717, 1.165) is 17.6 Å². The molecule has 2 heterocycles. The second-order valence-corrected chi connectivity index (χ2v) is 7.88. The van der Waals surface area contributed by atoms with Crippen LogP contribution in [-0.2, 0) is 17.5 Å². The van der Waals surface area contributed by atoms with Crippen LogP contribution in [0, 0.1) is 0 Å². The van der Waals surface area contributed by atoms with Gasteiger partial charge >= 0.3 is 12.3 Å². The summed E-state index contributed by atoms with van der Waals surface area (Å²) >= 11 is 0. The largest absolute Gasteiger partial charge is 0.445 e. The Kier molecular flexibility index (Phi) is 6.96. The summed E-state index contributed by atoms with van der Waals surface area (Å²) in [5.74, 6) is -0.199. The molecular weight excluding hydrogens is 453 g/mol. The van der Waals surface area contributed by atoms with Gasteiger partial charge in [-0.1, -0.05) is 17.3 Å². The Morgan fingerprint density at radius 3 is 2.50 bits per heavy atom. The Morgan fingerprint density at radius 1 is 1.06 bits per heavy atom. The van der Waals surface area contributed by atoms with Crippen LogP contribution in [0.15, 0.2) is 42.5 Å². The third kappa shape index (κ3) is 5.81. The molecule has 1 saturated heterocycles. The molecule has 1 fully saturated rings. The highest BCUT2D eigenvalue weighted by molar-refractivity contribution is 5.97. The van der Waals surface area contributed by atoms with E-state index < -0.39 is 17.8 Å². The number of fused-ring (bicyclic) bond motifs is 1. The molecule has 4 rings (SSSR count). The summed E-state index contributed by atoms with van der Waals surface area (Å²) in [7, 11) is 0. The highest BCUT2D eigenvalue weighted by atomic mass is 19.4. The van der Waals surface area contributed by atoms with Crippen molar-refractivity contribution in [3.63, 3.8) is 0 Å². The summed E-state index contributed by atoms with van der Waals surface area (Å²) in [5.41, 5.74) is 1.62. The minimum atomic E-state index is -4.40. The third-order valence-corrected chi connectivity index (χ3v) is 5.58. The van der Waals surface area contributed by atoms with E-state index in [2.05, 4.69) is 25.6 Å². The summed E-state index contributed by atoms with van der Waals surface area (Å²) in [6.07, 6.45) is -4.90. The lowest BCUT2D eigenvalue weighted by Crippen LogP contribution is -2.50. The van der Waals surface area contributed by atoms with Gasteiger partial charge < -0.3 is 15.0 Å². The summed E-state index contributed by atoms with van der Waals surface area (Å²) < 4.78 is 43.1. The van der Waals surface area contributed by atoms with Gasteiger partial charge in [-0.3, -0.25) is 14.8 Å². The molecule has 0 atom stereocenters. The number of alkyl halides is 3. The van der Waals surface area contributed by atoms with Crippen LogP contribution in [0.4, 0.5) is 18.0 Å². The summed E-state index contributed by atoms with van der Waals surface area (Å²) in [4.78, 5) is 28.3. The number of aromatic nitrogens is 3. The van der Waals surface area contributed by atoms with Crippen molar-refractivity contribution in [2.24, 2.45) is 0 Å². The molecule has 1 aliphatic rings. The molecule has 12 heteroatoms. The lowest BCUT2D eigenvalue weighted by molar-refractivity contribution is -0.137. The van der Waals surface area contributed by atoms with E-state index in [4.69, 9.17) is 4.74 Å². The zero-order chi connectivity index (χ0) is 24.1. The average molecular weight is 476 g/mol. The monoisotopic (exact) mass is 476 g/mol. The predicted molar refractivity (Wildman–Crippen MR) is 116 cm³/mol. The molecule has 0 aliphatic carbocycles. The van der Waals surface area contributed by atoms with Gasteiger partial charge in [0.25, 0.3) is 5.91 Å². The molecule has 2 N–H and O–H groups in total. The Bertz CT molecular complexity index is 1140. The van der Waals surface area contributed by atoms with Gasteiger partial charge in [0.1, 0.15) is 12.1 Å². The molecule has 1 aromatic heterocycles. The molecular formula is C22H23F3N6O3. The van der Waals surface area contributed by atoms with E-state index in [0.29, 0.717) is 55.9 Å². The van der Waals surface area contributed by atoms with Crippen molar-refractivity contribution in [1.29, 1.82) is 0 Å². The number of nitrogens with zero attached hydrogens (tertiary/aromatic N) is 4. The van der Waals surface area contributed by atoms with Gasteiger partial charge in [0, 0.05) is 44.8 Å². The first-order valence-corrected chi connectivity index (χ1v) is 10.7. The number of carbonyl (C=O) groups excluding carboxylic acids is 2. The molecule has 0 spiro atoms. The average Bonchev–Trinajstić information content (AvgIpc) is 3.30. The maximum atomic E-state index is 12.6. The van der Waals surface area contributed by atoms with Crippen molar-refractivity contribution < 1.29 is 27.5 Å². The Hall–Kier alpha value is -3.67. The molecule has 2 aromatic carbocycles. The number of rotatable bonds is 6. The Balaban J connectivity index is 1.15. The van der Waals surface area contributed by atoms with Gasteiger partial charge in [0.2, 0.25) is 0 Å². The number of ether oxygens (including phenoxy) is 1. The van der Waals surface area contributed by atoms with Gasteiger partial charge in [0.05, 0.1) is 11.1 Å². The Labute approximate surface area is 192 Å². The van der Waals surface area contributed by atoms with Crippen LogP contribution >= 0.6 is 0 Å². The van der Waals surface area contributed by atoms with Crippen molar-refractivity contribution in [1.82, 2.24) is 30.5 Å². The highest BCUT2D eigenvalue weighted by Gasteiger charge is 2.30. The molecule has 3 aromatic rings. The van der Waals surface area contributed by atoms with E-state index in [9.17, 15) is 22.8 Å². The van der Waals surface area contributed by atoms with Crippen molar-refractivity contribution in [3.8, 4) is 0 Å². The number of amides is 2. The maximum Gasteiger partial charge on any atom is 0.416 e. The number of carbonyl (C=O) groups is 2. The first-order chi connectivity index (χ1) is 16.3. The molecule has 0 unspecified atom stereocenters. The fourth-order valence-electron chi connectivity index (χ4n) is 3.59. The van der Waals surface area contributed by atoms with Crippen molar-refractivity contribution in [2.75, 3.05) is 39.3 Å². The Morgan fingerprint density at radius 2 is 1.79 bits per heavy atom. The third-order valence-electron chi connectivity index (χ3n) is 5.58. The molecule has 34 heavy (non-hydrogen) atoms. The minimum absolute atomic E-state index is 0.0939. The van der Waals surface area contributed by atoms with Gasteiger partial charge in [-0.2, -0.15) is 13.2 Å². The lowest BCUT2D eigenvalue weighted by atomic mass is 10.1. The SMILES string of the molecule is O=C(NCCN1CCN(C(=O)OCc2ccc(C(F)(F)F)cc2)CC1)c1ccc2[nH]nnc2c1. The number of piperazine rings is 1. The van der Waals surface area contributed by atoms with Crippen molar-refractivity contribution >= 4 is 23.0 Å². The van der Waals surface area contributed by atoms with E-state index in [1.807, 2.05) is 0 Å². The van der Waals surface area contributed by atoms with Crippen molar-refractivity contribution in [2.45, 2.75) is 12.8 Å². The number of hydrogen-bond acceptors (Lipinski definition) is 6. The second kappa shape index (κ2) is 10.1. The zero-order valence-corrected chi connectivity index (χ0v) is 18.1. The van der Waals surface area contributed by atoms with Crippen molar-refractivity contribution in [3.05, 3.63) is 59.2 Å². The fraction of sp³-hybridized carbons (Fsp3) is 0.364. The first kappa shape index (κ1) is 23.5. The standard InChI is InChI=1S/C22H23F3N6O3/c23-22(24,25)17-4-1-15(2-5-17)14-34-21(33)31-11-9-30(10-12-31)8-7-26-20(32)16-3-6-18-19(13-16)28-29-27-18/h1-6,13H,7-12,14H2,(H,26,32)(H,27,28,29). The molecule has 0 saturated carbocycles. The number of aromatic amines is 1. The number of halogens is 3. The first-order valence-electron chi connectivity index (χ1n) is 10.7. The number of benzene rings is 2. The zero-order valence-electron chi connectivity index (χ0n) is 18.1. The summed E-state index contributed by atoms with van der Waals surface area (Å²) in [6, 6.07) is 9.65. The molecule has 2 amide bonds. The van der Waals surface area contributed by atoms with Crippen LogP contribution < -0.4 is 5.32 Å². The lowest BCUT2D eigenvalue weighted by Gasteiger charge is -2.34. The fourth-order valence-corrected chi connectivity index (χ4v) is 3.59. The maximum absolute atomic E-state index is 12.6. The highest BCUT2D eigenvalue weighted by Crippen LogP contribution is 2.29. The van der Waals surface area contributed by atoms with Crippen LogP contribution in [0.2, 0.25) is 0 Å². The van der Waals surface area contributed by atoms with Gasteiger partial charge in [0.15, 0.2) is 0 Å². The van der Waals surface area contributed by atoms with Crippen LogP contribution in [0.25, 0.3) is 11.0 Å². The van der Waals surface area contributed by atoms with Gasteiger partial charge in [-0.05, 0) is 35.9 Å². The molecule has 180 valence electrons. The van der Waals surface area contributed by atoms with E-state index in [-0.39, 0.29) is 12.5 Å². The smallest absolute Gasteiger partial charge is 0.416 e. The van der Waals surface area contributed by atoms with E-state index >= 15 is 0 Å². The minimum Gasteiger partial charge on any atom is -0.445 e. The second-order valence-electron chi connectivity index (χ2n) is 7.88. The molecule has 0 bridgehead atoms. The molecule has 0 radical (unpaired) electrons. The van der Waals surface area contributed by atoms with Crippen LogP contribution in [0.5, 0.6) is 0 Å². The van der Waals surface area contributed by atoms with Gasteiger partial charge in [-0.15, -0.1) is 5.10 Å².